The van der Waals surface area contributed by atoms with Crippen LogP contribution in [0.25, 0.3) is 0 Å². The Balaban J connectivity index is 3.33. The first-order valence-electron chi connectivity index (χ1n) is 6.62. The fourth-order valence-corrected chi connectivity index (χ4v) is 1.15. The minimum absolute atomic E-state index is 0.511. The molecule has 0 spiro atoms. The summed E-state index contributed by atoms with van der Waals surface area (Å²) in [6.45, 7) is 9.87. The summed E-state index contributed by atoms with van der Waals surface area (Å²) >= 11 is 0. The fraction of sp³-hybridized carbons (Fsp3) is 0.750. The average Bonchev–Trinajstić information content (AvgIpc) is 2.25. The van der Waals surface area contributed by atoms with Gasteiger partial charge in [-0.2, -0.15) is 0 Å². The Kier molecular flexibility index (Phi) is 10.9. The normalized spacial score (nSPS) is 9.76. The number of hydrogen-bond acceptors (Lipinski definition) is 1. The van der Waals surface area contributed by atoms with E-state index in [1.54, 1.807) is 0 Å². The van der Waals surface area contributed by atoms with E-state index in [0.29, 0.717) is 13.2 Å². The highest BCUT2D eigenvalue weighted by Gasteiger charge is 1.89. The maximum atomic E-state index is 5.30. The zero-order chi connectivity index (χ0) is 12.9. The van der Waals surface area contributed by atoms with Gasteiger partial charge in [0.15, 0.2) is 0 Å². The van der Waals surface area contributed by atoms with Crippen molar-refractivity contribution >= 4 is 0 Å². The third-order valence-electron chi connectivity index (χ3n) is 2.29. The van der Waals surface area contributed by atoms with E-state index in [2.05, 4.69) is 51.4 Å². The topological polar surface area (TPSA) is 9.23 Å². The molecule has 0 saturated carbocycles. The van der Waals surface area contributed by atoms with Crippen LogP contribution >= 0.6 is 0 Å². The first-order chi connectivity index (χ1) is 8.13. The SMILES string of the molecule is CC(C)CCC#CCOCC#CCCC(C)C. The Hall–Kier alpha value is -0.920. The molecule has 0 atom stereocenters. The number of ether oxygens (including phenoxy) is 1. The molecule has 1 heteroatoms. The summed E-state index contributed by atoms with van der Waals surface area (Å²) in [5.41, 5.74) is 0. The molecule has 17 heavy (non-hydrogen) atoms. The van der Waals surface area contributed by atoms with Crippen LogP contribution in [0.15, 0.2) is 0 Å². The Morgan fingerprint density at radius 1 is 0.706 bits per heavy atom. The zero-order valence-electron chi connectivity index (χ0n) is 11.8. The van der Waals surface area contributed by atoms with Crippen LogP contribution in [0.4, 0.5) is 0 Å². The van der Waals surface area contributed by atoms with Gasteiger partial charge in [-0.05, 0) is 24.7 Å². The van der Waals surface area contributed by atoms with Gasteiger partial charge >= 0.3 is 0 Å². The molecule has 1 nitrogen and oxygen atoms in total. The third-order valence-corrected chi connectivity index (χ3v) is 2.29. The summed E-state index contributed by atoms with van der Waals surface area (Å²) in [4.78, 5) is 0. The van der Waals surface area contributed by atoms with Crippen LogP contribution in [0.5, 0.6) is 0 Å². The van der Waals surface area contributed by atoms with E-state index in [1.807, 2.05) is 0 Å². The second-order valence-corrected chi connectivity index (χ2v) is 5.06. The highest BCUT2D eigenvalue weighted by Crippen LogP contribution is 2.01. The molecule has 0 N–H and O–H groups in total. The van der Waals surface area contributed by atoms with Gasteiger partial charge in [0, 0.05) is 12.8 Å². The van der Waals surface area contributed by atoms with E-state index in [1.165, 1.54) is 12.8 Å². The van der Waals surface area contributed by atoms with Gasteiger partial charge in [0.05, 0.1) is 0 Å². The van der Waals surface area contributed by atoms with Gasteiger partial charge in [-0.25, -0.2) is 0 Å². The molecule has 0 radical (unpaired) electrons. The van der Waals surface area contributed by atoms with Crippen molar-refractivity contribution in [2.45, 2.75) is 53.4 Å². The summed E-state index contributed by atoms with van der Waals surface area (Å²) in [7, 11) is 0. The Morgan fingerprint density at radius 3 is 1.47 bits per heavy atom. The van der Waals surface area contributed by atoms with Gasteiger partial charge in [0.2, 0.25) is 0 Å². The molecule has 0 aliphatic heterocycles. The van der Waals surface area contributed by atoms with Crippen LogP contribution in [0.1, 0.15) is 53.4 Å². The van der Waals surface area contributed by atoms with Gasteiger partial charge in [0.25, 0.3) is 0 Å². The van der Waals surface area contributed by atoms with Gasteiger partial charge in [-0.15, -0.1) is 11.8 Å². The van der Waals surface area contributed by atoms with Crippen LogP contribution < -0.4 is 0 Å². The lowest BCUT2D eigenvalue weighted by Crippen LogP contribution is -1.92. The van der Waals surface area contributed by atoms with E-state index < -0.39 is 0 Å². The summed E-state index contributed by atoms with van der Waals surface area (Å²) in [6, 6.07) is 0. The van der Waals surface area contributed by atoms with Gasteiger partial charge < -0.3 is 4.74 Å². The molecular weight excluding hydrogens is 208 g/mol. The van der Waals surface area contributed by atoms with Gasteiger partial charge in [-0.3, -0.25) is 0 Å². The molecule has 0 saturated heterocycles. The van der Waals surface area contributed by atoms with E-state index >= 15 is 0 Å². The second kappa shape index (κ2) is 11.6. The lowest BCUT2D eigenvalue weighted by molar-refractivity contribution is 0.204. The van der Waals surface area contributed by atoms with Crippen LogP contribution in [-0.4, -0.2) is 13.2 Å². The lowest BCUT2D eigenvalue weighted by atomic mass is 10.1. The molecule has 96 valence electrons. The van der Waals surface area contributed by atoms with Crippen LogP contribution in [0.2, 0.25) is 0 Å². The van der Waals surface area contributed by atoms with Crippen molar-refractivity contribution in [1.82, 2.24) is 0 Å². The highest BCUT2D eigenvalue weighted by atomic mass is 16.5. The van der Waals surface area contributed by atoms with Crippen molar-refractivity contribution < 1.29 is 4.74 Å². The van der Waals surface area contributed by atoms with Crippen LogP contribution in [0, 0.1) is 35.5 Å². The molecule has 0 aromatic heterocycles. The molecule has 0 aromatic carbocycles. The molecule has 0 aliphatic rings. The van der Waals surface area contributed by atoms with Gasteiger partial charge in [-0.1, -0.05) is 39.5 Å². The van der Waals surface area contributed by atoms with E-state index in [4.69, 9.17) is 4.74 Å². The molecule has 0 fully saturated rings. The summed E-state index contributed by atoms with van der Waals surface area (Å²) in [5, 5.41) is 0. The maximum absolute atomic E-state index is 5.30. The Bertz CT molecular complexity index is 250. The smallest absolute Gasteiger partial charge is 0.109 e. The van der Waals surface area contributed by atoms with E-state index in [-0.39, 0.29) is 0 Å². The first-order valence-corrected chi connectivity index (χ1v) is 6.62. The molecule has 0 unspecified atom stereocenters. The average molecular weight is 234 g/mol. The molecule has 0 bridgehead atoms. The largest absolute Gasteiger partial charge is 0.356 e. The third kappa shape index (κ3) is 15.1. The van der Waals surface area contributed by atoms with E-state index in [9.17, 15) is 0 Å². The number of rotatable bonds is 6. The highest BCUT2D eigenvalue weighted by molar-refractivity contribution is 5.01. The summed E-state index contributed by atoms with van der Waals surface area (Å²) in [5.74, 6) is 13.7. The summed E-state index contributed by atoms with van der Waals surface area (Å²) < 4.78 is 5.30. The van der Waals surface area contributed by atoms with Crippen molar-refractivity contribution in [2.75, 3.05) is 13.2 Å². The lowest BCUT2D eigenvalue weighted by Gasteiger charge is -1.97. The maximum Gasteiger partial charge on any atom is 0.109 e. The zero-order valence-corrected chi connectivity index (χ0v) is 11.8. The minimum Gasteiger partial charge on any atom is -0.356 e. The van der Waals surface area contributed by atoms with E-state index in [0.717, 1.165) is 24.7 Å². The molecular formula is C16H26O. The molecule has 0 amide bonds. The van der Waals surface area contributed by atoms with Crippen LogP contribution in [-0.2, 0) is 4.74 Å². The Labute approximate surface area is 107 Å². The molecule has 0 rings (SSSR count). The standard InChI is InChI=1S/C16H26O/c1-15(2)11-7-5-9-13-17-14-10-6-8-12-16(3)4/h15-16H,7-8,11-14H2,1-4H3. The molecule has 0 aliphatic carbocycles. The van der Waals surface area contributed by atoms with Crippen LogP contribution in [0.3, 0.4) is 0 Å². The monoisotopic (exact) mass is 234 g/mol. The van der Waals surface area contributed by atoms with Crippen molar-refractivity contribution in [3.8, 4) is 23.7 Å². The van der Waals surface area contributed by atoms with Crippen molar-refractivity contribution in [3.05, 3.63) is 0 Å². The fourth-order valence-electron chi connectivity index (χ4n) is 1.15. The molecule has 0 heterocycles. The van der Waals surface area contributed by atoms with Crippen molar-refractivity contribution in [2.24, 2.45) is 11.8 Å². The number of hydrogen-bond donors (Lipinski definition) is 0. The second-order valence-electron chi connectivity index (χ2n) is 5.06. The van der Waals surface area contributed by atoms with Crippen molar-refractivity contribution in [3.63, 3.8) is 0 Å². The Morgan fingerprint density at radius 2 is 1.12 bits per heavy atom. The van der Waals surface area contributed by atoms with Crippen molar-refractivity contribution in [1.29, 1.82) is 0 Å². The first kappa shape index (κ1) is 16.1. The predicted octanol–water partition coefficient (Wildman–Crippen LogP) is 3.88. The van der Waals surface area contributed by atoms with Gasteiger partial charge in [0.1, 0.15) is 13.2 Å². The molecule has 0 aromatic rings. The predicted molar refractivity (Wildman–Crippen MR) is 74.5 cm³/mol. The quantitative estimate of drug-likeness (QED) is 0.500. The minimum atomic E-state index is 0.511. The summed E-state index contributed by atoms with van der Waals surface area (Å²) in [6.07, 6.45) is 4.28.